The summed E-state index contributed by atoms with van der Waals surface area (Å²) < 4.78 is 29.6. The number of pyridine rings is 1. The van der Waals surface area contributed by atoms with Crippen LogP contribution in [0.15, 0.2) is 29.6 Å². The Morgan fingerprint density at radius 2 is 1.96 bits per heavy atom. The minimum absolute atomic E-state index is 0.0806. The van der Waals surface area contributed by atoms with Crippen molar-refractivity contribution in [1.29, 1.82) is 0 Å². The fraction of sp³-hybridized carbons (Fsp3) is 0.357. The standard InChI is InChI=1S/C14H17N3O5S/c1-14(2,12(19)22-3)16-11(18)10-9-7-5-6-8-17(9)13(15-10)23(4,20)21/h5-8H,1-4H3,(H,16,18). The molecular formula is C14H17N3O5S. The molecule has 1 N–H and O–H groups in total. The largest absolute Gasteiger partial charge is 0.467 e. The first-order valence-corrected chi connectivity index (χ1v) is 8.55. The van der Waals surface area contributed by atoms with Crippen LogP contribution in [-0.2, 0) is 19.4 Å². The highest BCUT2D eigenvalue weighted by molar-refractivity contribution is 7.90. The Morgan fingerprint density at radius 1 is 1.30 bits per heavy atom. The summed E-state index contributed by atoms with van der Waals surface area (Å²) in [6, 6.07) is 4.86. The van der Waals surface area contributed by atoms with Gasteiger partial charge < -0.3 is 10.1 Å². The van der Waals surface area contributed by atoms with Crippen LogP contribution < -0.4 is 5.32 Å². The SMILES string of the molecule is COC(=O)C(C)(C)NC(=O)c1nc(S(C)(=O)=O)n2ccccc12. The molecular weight excluding hydrogens is 322 g/mol. The zero-order chi connectivity index (χ0) is 17.4. The van der Waals surface area contributed by atoms with E-state index in [0.29, 0.717) is 5.52 Å². The fourth-order valence-electron chi connectivity index (χ4n) is 2.09. The summed E-state index contributed by atoms with van der Waals surface area (Å²) in [6.07, 6.45) is 2.51. The maximum Gasteiger partial charge on any atom is 0.330 e. The number of sulfone groups is 1. The molecule has 0 aromatic carbocycles. The van der Waals surface area contributed by atoms with Crippen molar-refractivity contribution in [3.8, 4) is 0 Å². The van der Waals surface area contributed by atoms with Crippen molar-refractivity contribution in [3.05, 3.63) is 30.1 Å². The van der Waals surface area contributed by atoms with Crippen LogP contribution in [0.1, 0.15) is 24.3 Å². The molecule has 0 saturated carbocycles. The lowest BCUT2D eigenvalue weighted by Gasteiger charge is -2.22. The molecule has 2 aromatic rings. The van der Waals surface area contributed by atoms with Crippen molar-refractivity contribution in [2.45, 2.75) is 24.5 Å². The molecule has 0 fully saturated rings. The first kappa shape index (κ1) is 16.9. The van der Waals surface area contributed by atoms with E-state index in [-0.39, 0.29) is 10.9 Å². The second-order valence-electron chi connectivity index (χ2n) is 5.54. The Hall–Kier alpha value is -2.42. The van der Waals surface area contributed by atoms with E-state index in [4.69, 9.17) is 0 Å². The minimum Gasteiger partial charge on any atom is -0.467 e. The van der Waals surface area contributed by atoms with Crippen molar-refractivity contribution < 1.29 is 22.7 Å². The summed E-state index contributed by atoms with van der Waals surface area (Å²) in [5.74, 6) is -1.29. The number of esters is 1. The highest BCUT2D eigenvalue weighted by Gasteiger charge is 2.33. The van der Waals surface area contributed by atoms with Gasteiger partial charge >= 0.3 is 5.97 Å². The third kappa shape index (κ3) is 3.19. The third-order valence-corrected chi connectivity index (χ3v) is 4.14. The van der Waals surface area contributed by atoms with Gasteiger partial charge in [-0.15, -0.1) is 0 Å². The van der Waals surface area contributed by atoms with Gasteiger partial charge in [-0.25, -0.2) is 18.2 Å². The van der Waals surface area contributed by atoms with Crippen LogP contribution in [0, 0.1) is 0 Å². The van der Waals surface area contributed by atoms with Gasteiger partial charge in [0.2, 0.25) is 15.0 Å². The van der Waals surface area contributed by atoms with E-state index in [9.17, 15) is 18.0 Å². The van der Waals surface area contributed by atoms with Crippen molar-refractivity contribution in [2.24, 2.45) is 0 Å². The zero-order valence-corrected chi connectivity index (χ0v) is 14.0. The van der Waals surface area contributed by atoms with Crippen molar-refractivity contribution in [1.82, 2.24) is 14.7 Å². The number of nitrogens with zero attached hydrogens (tertiary/aromatic N) is 2. The first-order valence-electron chi connectivity index (χ1n) is 6.66. The van der Waals surface area contributed by atoms with Gasteiger partial charge in [0.05, 0.1) is 12.6 Å². The number of hydrogen-bond donors (Lipinski definition) is 1. The van der Waals surface area contributed by atoms with E-state index in [1.165, 1.54) is 31.6 Å². The normalized spacial score (nSPS) is 12.2. The summed E-state index contributed by atoms with van der Waals surface area (Å²) in [5, 5.41) is 2.25. The van der Waals surface area contributed by atoms with Crippen LogP contribution in [0.3, 0.4) is 0 Å². The molecule has 0 unspecified atom stereocenters. The number of carbonyl (C=O) groups excluding carboxylic acids is 2. The Labute approximate surface area is 133 Å². The quantitative estimate of drug-likeness (QED) is 0.809. The number of ether oxygens (including phenoxy) is 1. The van der Waals surface area contributed by atoms with E-state index in [0.717, 1.165) is 6.26 Å². The smallest absolute Gasteiger partial charge is 0.330 e. The van der Waals surface area contributed by atoms with Crippen LogP contribution in [0.25, 0.3) is 5.52 Å². The summed E-state index contributed by atoms with van der Waals surface area (Å²) in [5.41, 5.74) is -1.03. The number of fused-ring (bicyclic) bond motifs is 1. The average Bonchev–Trinajstić information content (AvgIpc) is 2.85. The number of amides is 1. The highest BCUT2D eigenvalue weighted by Crippen LogP contribution is 2.18. The monoisotopic (exact) mass is 339 g/mol. The van der Waals surface area contributed by atoms with E-state index in [1.807, 2.05) is 0 Å². The van der Waals surface area contributed by atoms with Crippen molar-refractivity contribution in [2.75, 3.05) is 13.4 Å². The lowest BCUT2D eigenvalue weighted by molar-refractivity contribution is -0.146. The van der Waals surface area contributed by atoms with Crippen LogP contribution in [0.5, 0.6) is 0 Å². The van der Waals surface area contributed by atoms with E-state index in [2.05, 4.69) is 15.0 Å². The van der Waals surface area contributed by atoms with Crippen LogP contribution in [0.2, 0.25) is 0 Å². The Morgan fingerprint density at radius 3 is 2.52 bits per heavy atom. The van der Waals surface area contributed by atoms with Gasteiger partial charge in [0.1, 0.15) is 5.54 Å². The number of aromatic nitrogens is 2. The van der Waals surface area contributed by atoms with Gasteiger partial charge in [-0.1, -0.05) is 6.07 Å². The van der Waals surface area contributed by atoms with Gasteiger partial charge in [-0.05, 0) is 26.0 Å². The number of imidazole rings is 1. The molecule has 1 amide bonds. The molecule has 0 radical (unpaired) electrons. The predicted octanol–water partition coefficient (Wildman–Crippen LogP) is 0.419. The van der Waals surface area contributed by atoms with Crippen LogP contribution >= 0.6 is 0 Å². The van der Waals surface area contributed by atoms with Crippen molar-refractivity contribution in [3.63, 3.8) is 0 Å². The van der Waals surface area contributed by atoms with Crippen LogP contribution in [0.4, 0.5) is 0 Å². The summed E-state index contributed by atoms with van der Waals surface area (Å²) in [7, 11) is -2.41. The summed E-state index contributed by atoms with van der Waals surface area (Å²) >= 11 is 0. The molecule has 0 aliphatic carbocycles. The second kappa shape index (κ2) is 5.65. The Balaban J connectivity index is 2.53. The van der Waals surface area contributed by atoms with E-state index < -0.39 is 27.3 Å². The molecule has 0 atom stereocenters. The average molecular weight is 339 g/mol. The molecule has 0 aliphatic heterocycles. The molecule has 2 rings (SSSR count). The topological polar surface area (TPSA) is 107 Å². The molecule has 0 saturated heterocycles. The van der Waals surface area contributed by atoms with Crippen molar-refractivity contribution >= 4 is 27.2 Å². The number of methoxy groups -OCH3 is 1. The third-order valence-electron chi connectivity index (χ3n) is 3.18. The summed E-state index contributed by atoms with van der Waals surface area (Å²) in [6.45, 7) is 2.96. The zero-order valence-electron chi connectivity index (χ0n) is 13.2. The number of rotatable bonds is 4. The molecule has 124 valence electrons. The number of hydrogen-bond acceptors (Lipinski definition) is 6. The van der Waals surface area contributed by atoms with E-state index in [1.54, 1.807) is 18.2 Å². The maximum absolute atomic E-state index is 12.4. The Kier molecular flexibility index (Phi) is 4.16. The molecule has 8 nitrogen and oxygen atoms in total. The molecule has 2 heterocycles. The molecule has 0 spiro atoms. The van der Waals surface area contributed by atoms with Gasteiger partial charge in [0, 0.05) is 12.5 Å². The highest BCUT2D eigenvalue weighted by atomic mass is 32.2. The molecule has 2 aromatic heterocycles. The molecule has 23 heavy (non-hydrogen) atoms. The van der Waals surface area contributed by atoms with Gasteiger partial charge in [-0.3, -0.25) is 9.20 Å². The van der Waals surface area contributed by atoms with E-state index >= 15 is 0 Å². The maximum atomic E-state index is 12.4. The van der Waals surface area contributed by atoms with Gasteiger partial charge in [0.15, 0.2) is 5.69 Å². The van der Waals surface area contributed by atoms with Gasteiger partial charge in [-0.2, -0.15) is 0 Å². The first-order chi connectivity index (χ1) is 10.6. The summed E-state index contributed by atoms with van der Waals surface area (Å²) in [4.78, 5) is 28.1. The lowest BCUT2D eigenvalue weighted by Crippen LogP contribution is -2.50. The lowest BCUT2D eigenvalue weighted by atomic mass is 10.1. The fourth-order valence-corrected chi connectivity index (χ4v) is 2.86. The number of nitrogens with one attached hydrogen (secondary N) is 1. The minimum atomic E-state index is -3.63. The van der Waals surface area contributed by atoms with Gasteiger partial charge in [0.25, 0.3) is 5.91 Å². The molecule has 0 bridgehead atoms. The predicted molar refractivity (Wildman–Crippen MR) is 81.9 cm³/mol. The number of carbonyl (C=O) groups is 2. The van der Waals surface area contributed by atoms with Crippen LogP contribution in [-0.4, -0.2) is 48.6 Å². The molecule has 0 aliphatic rings. The molecule has 9 heteroatoms. The second-order valence-corrected chi connectivity index (χ2v) is 7.45. The Bertz CT molecular complexity index is 883.